The number of aromatic nitrogens is 3. The minimum absolute atomic E-state index is 0.0731. The quantitative estimate of drug-likeness (QED) is 0.894. The maximum atomic E-state index is 12.6. The van der Waals surface area contributed by atoms with E-state index >= 15 is 0 Å². The Kier molecular flexibility index (Phi) is 3.54. The second kappa shape index (κ2) is 5.36. The molecule has 0 spiro atoms. The van der Waals surface area contributed by atoms with Crippen molar-refractivity contribution < 1.29 is 4.79 Å². The molecule has 0 atom stereocenters. The summed E-state index contributed by atoms with van der Waals surface area (Å²) in [6.07, 6.45) is 3.69. The Morgan fingerprint density at radius 2 is 2.29 bits per heavy atom. The Balaban J connectivity index is 1.78. The van der Waals surface area contributed by atoms with Crippen LogP contribution in [0.5, 0.6) is 0 Å². The average molecular weight is 306 g/mol. The van der Waals surface area contributed by atoms with Crippen molar-refractivity contribution in [1.82, 2.24) is 19.4 Å². The number of rotatable bonds is 3. The number of nitrogens with one attached hydrogen (secondary N) is 1. The first-order valence-electron chi connectivity index (χ1n) is 6.86. The number of amides is 1. The molecule has 3 N–H and O–H groups in total. The largest absolute Gasteiger partial charge is 0.382 e. The lowest BCUT2D eigenvalue weighted by Crippen LogP contribution is -2.38. The lowest BCUT2D eigenvalue weighted by molar-refractivity contribution is 0.0713. The lowest BCUT2D eigenvalue weighted by atomic mass is 10.3. The van der Waals surface area contributed by atoms with E-state index in [4.69, 9.17) is 5.73 Å². The first kappa shape index (κ1) is 13.9. The number of nitrogens with zero attached hydrogens (tertiary/aromatic N) is 4. The highest BCUT2D eigenvalue weighted by molar-refractivity contribution is 7.18. The molecule has 7 nitrogen and oxygen atoms in total. The molecule has 2 aromatic rings. The zero-order valence-corrected chi connectivity index (χ0v) is 12.9. The molecule has 0 bridgehead atoms. The van der Waals surface area contributed by atoms with Crippen molar-refractivity contribution in [2.24, 2.45) is 0 Å². The maximum Gasteiger partial charge on any atom is 0.268 e. The standard InChI is InChI=1S/C13H18N6OS/c1-8(2)16-13-17-11(14)10(21-13)12(20)19-6-5-18-4-3-15-9(18)7-19/h3-4,8H,5-7,14H2,1-2H3,(H,16,17). The summed E-state index contributed by atoms with van der Waals surface area (Å²) in [6, 6.07) is 0.251. The Bertz CT molecular complexity index is 661. The number of carbonyl (C=O) groups is 1. The third-order valence-electron chi connectivity index (χ3n) is 3.29. The first-order chi connectivity index (χ1) is 10.0. The van der Waals surface area contributed by atoms with Crippen molar-refractivity contribution in [3.05, 3.63) is 23.1 Å². The van der Waals surface area contributed by atoms with E-state index < -0.39 is 0 Å². The van der Waals surface area contributed by atoms with Crippen LogP contribution in [-0.4, -0.2) is 37.9 Å². The first-order valence-corrected chi connectivity index (χ1v) is 7.68. The summed E-state index contributed by atoms with van der Waals surface area (Å²) in [5.74, 6) is 1.12. The van der Waals surface area contributed by atoms with Crippen molar-refractivity contribution in [1.29, 1.82) is 0 Å². The molecule has 0 unspecified atom stereocenters. The maximum absolute atomic E-state index is 12.6. The molecule has 112 valence electrons. The summed E-state index contributed by atoms with van der Waals surface area (Å²) in [5, 5.41) is 3.86. The van der Waals surface area contributed by atoms with Gasteiger partial charge in [-0.25, -0.2) is 9.97 Å². The lowest BCUT2D eigenvalue weighted by Gasteiger charge is -2.27. The summed E-state index contributed by atoms with van der Waals surface area (Å²) < 4.78 is 2.06. The highest BCUT2D eigenvalue weighted by atomic mass is 32.1. The van der Waals surface area contributed by atoms with E-state index in [-0.39, 0.29) is 11.9 Å². The van der Waals surface area contributed by atoms with Crippen molar-refractivity contribution in [3.63, 3.8) is 0 Å². The average Bonchev–Trinajstić information content (AvgIpc) is 3.02. The van der Waals surface area contributed by atoms with Crippen molar-refractivity contribution in [3.8, 4) is 0 Å². The van der Waals surface area contributed by atoms with Crippen LogP contribution in [0, 0.1) is 0 Å². The second-order valence-corrected chi connectivity index (χ2v) is 6.30. The van der Waals surface area contributed by atoms with Gasteiger partial charge in [0.25, 0.3) is 5.91 Å². The SMILES string of the molecule is CC(C)Nc1nc(N)c(C(=O)N2CCn3ccnc3C2)s1. The highest BCUT2D eigenvalue weighted by Gasteiger charge is 2.26. The van der Waals surface area contributed by atoms with Crippen molar-refractivity contribution in [2.45, 2.75) is 33.0 Å². The molecule has 8 heteroatoms. The molecule has 0 radical (unpaired) electrons. The number of anilines is 2. The number of nitrogen functional groups attached to an aromatic ring is 1. The van der Waals surface area contributed by atoms with Gasteiger partial charge >= 0.3 is 0 Å². The molecule has 2 aromatic heterocycles. The van der Waals surface area contributed by atoms with Gasteiger partial charge in [0.15, 0.2) is 5.13 Å². The van der Waals surface area contributed by atoms with Gasteiger partial charge in [0, 0.05) is 31.5 Å². The number of fused-ring (bicyclic) bond motifs is 1. The number of hydrogen-bond acceptors (Lipinski definition) is 6. The van der Waals surface area contributed by atoms with Gasteiger partial charge in [-0.15, -0.1) is 0 Å². The number of hydrogen-bond donors (Lipinski definition) is 2. The Morgan fingerprint density at radius 3 is 3.05 bits per heavy atom. The zero-order valence-electron chi connectivity index (χ0n) is 12.0. The predicted octanol–water partition coefficient (Wildman–Crippen LogP) is 1.40. The molecule has 1 amide bonds. The molecule has 0 saturated carbocycles. The molecule has 21 heavy (non-hydrogen) atoms. The fourth-order valence-electron chi connectivity index (χ4n) is 2.28. The number of carbonyl (C=O) groups excluding carboxylic acids is 1. The number of imidazole rings is 1. The second-order valence-electron chi connectivity index (χ2n) is 5.30. The van der Waals surface area contributed by atoms with Gasteiger partial charge in [0.1, 0.15) is 16.5 Å². The fraction of sp³-hybridized carbons (Fsp3) is 0.462. The number of nitrogens with two attached hydrogens (primary N) is 1. The predicted molar refractivity (Wildman–Crippen MR) is 82.3 cm³/mol. The Hall–Kier alpha value is -2.09. The molecule has 0 fully saturated rings. The van der Waals surface area contributed by atoms with Crippen molar-refractivity contribution >= 4 is 28.2 Å². The summed E-state index contributed by atoms with van der Waals surface area (Å²) >= 11 is 1.31. The number of thiazole rings is 1. The molecular formula is C13H18N6OS. The van der Waals surface area contributed by atoms with Crippen LogP contribution in [-0.2, 0) is 13.1 Å². The van der Waals surface area contributed by atoms with E-state index in [2.05, 4.69) is 19.9 Å². The fourth-order valence-corrected chi connectivity index (χ4v) is 3.28. The normalized spacial score (nSPS) is 14.3. The molecule has 0 saturated heterocycles. The molecule has 3 heterocycles. The smallest absolute Gasteiger partial charge is 0.268 e. The summed E-state index contributed by atoms with van der Waals surface area (Å²) in [7, 11) is 0. The zero-order chi connectivity index (χ0) is 15.0. The van der Waals surface area contributed by atoms with Gasteiger partial charge < -0.3 is 20.5 Å². The summed E-state index contributed by atoms with van der Waals surface area (Å²) in [5.41, 5.74) is 5.89. The van der Waals surface area contributed by atoms with Crippen LogP contribution in [0.2, 0.25) is 0 Å². The van der Waals surface area contributed by atoms with E-state index in [9.17, 15) is 4.79 Å². The van der Waals surface area contributed by atoms with Gasteiger partial charge in [-0.3, -0.25) is 4.79 Å². The van der Waals surface area contributed by atoms with Crippen LogP contribution in [0.4, 0.5) is 10.9 Å². The Labute approximate surface area is 126 Å². The molecule has 0 aliphatic carbocycles. The monoisotopic (exact) mass is 306 g/mol. The van der Waals surface area contributed by atoms with Crippen LogP contribution in [0.15, 0.2) is 12.4 Å². The minimum Gasteiger partial charge on any atom is -0.382 e. The van der Waals surface area contributed by atoms with Crippen LogP contribution < -0.4 is 11.1 Å². The molecule has 1 aliphatic rings. The van der Waals surface area contributed by atoms with Gasteiger partial charge in [-0.05, 0) is 13.8 Å². The van der Waals surface area contributed by atoms with Gasteiger partial charge in [0.05, 0.1) is 6.54 Å². The Morgan fingerprint density at radius 1 is 1.48 bits per heavy atom. The van der Waals surface area contributed by atoms with Crippen LogP contribution >= 0.6 is 11.3 Å². The van der Waals surface area contributed by atoms with Gasteiger partial charge in [0.2, 0.25) is 0 Å². The highest BCUT2D eigenvalue weighted by Crippen LogP contribution is 2.27. The van der Waals surface area contributed by atoms with E-state index in [1.807, 2.05) is 20.0 Å². The molecule has 0 aromatic carbocycles. The van der Waals surface area contributed by atoms with Crippen LogP contribution in [0.3, 0.4) is 0 Å². The third kappa shape index (κ3) is 2.71. The van der Waals surface area contributed by atoms with E-state index in [1.165, 1.54) is 11.3 Å². The topological polar surface area (TPSA) is 89.1 Å². The summed E-state index contributed by atoms with van der Waals surface area (Å²) in [6.45, 7) is 5.96. The van der Waals surface area contributed by atoms with E-state index in [1.54, 1.807) is 11.1 Å². The minimum atomic E-state index is -0.0731. The van der Waals surface area contributed by atoms with Crippen molar-refractivity contribution in [2.75, 3.05) is 17.6 Å². The third-order valence-corrected chi connectivity index (χ3v) is 4.28. The van der Waals surface area contributed by atoms with Gasteiger partial charge in [-0.2, -0.15) is 0 Å². The van der Waals surface area contributed by atoms with Crippen LogP contribution in [0.1, 0.15) is 29.3 Å². The van der Waals surface area contributed by atoms with Gasteiger partial charge in [-0.1, -0.05) is 11.3 Å². The molecule has 3 rings (SSSR count). The summed E-state index contributed by atoms with van der Waals surface area (Å²) in [4.78, 5) is 23.4. The molecular weight excluding hydrogens is 288 g/mol. The van der Waals surface area contributed by atoms with Crippen LogP contribution in [0.25, 0.3) is 0 Å². The van der Waals surface area contributed by atoms with E-state index in [0.29, 0.717) is 28.9 Å². The molecule has 1 aliphatic heterocycles. The van der Waals surface area contributed by atoms with E-state index in [0.717, 1.165) is 12.4 Å².